The van der Waals surface area contributed by atoms with Crippen molar-refractivity contribution in [3.05, 3.63) is 34.9 Å². The summed E-state index contributed by atoms with van der Waals surface area (Å²) in [5.41, 5.74) is 0.772. The van der Waals surface area contributed by atoms with E-state index in [0.717, 1.165) is 18.7 Å². The van der Waals surface area contributed by atoms with Crippen LogP contribution >= 0.6 is 11.6 Å². The zero-order chi connectivity index (χ0) is 14.4. The van der Waals surface area contributed by atoms with Crippen molar-refractivity contribution in [3.63, 3.8) is 0 Å². The standard InChI is InChI=1S/C17H24ClNO/c1-2-19(16-6-4-3-5-7-16)13-12-17(20)14-8-10-15(18)11-9-14/h8-11,16H,2-7,12-13H2,1H3. The smallest absolute Gasteiger partial charge is 0.164 e. The minimum absolute atomic E-state index is 0.218. The largest absolute Gasteiger partial charge is 0.300 e. The monoisotopic (exact) mass is 293 g/mol. The summed E-state index contributed by atoms with van der Waals surface area (Å²) in [6.45, 7) is 4.11. The second-order valence-electron chi connectivity index (χ2n) is 5.60. The normalized spacial score (nSPS) is 16.6. The van der Waals surface area contributed by atoms with Crippen molar-refractivity contribution in [2.24, 2.45) is 0 Å². The van der Waals surface area contributed by atoms with Crippen molar-refractivity contribution < 1.29 is 4.79 Å². The van der Waals surface area contributed by atoms with Crippen molar-refractivity contribution in [2.45, 2.75) is 51.5 Å². The lowest BCUT2D eigenvalue weighted by Crippen LogP contribution is -2.38. The zero-order valence-electron chi connectivity index (χ0n) is 12.3. The molecule has 0 amide bonds. The van der Waals surface area contributed by atoms with Crippen molar-refractivity contribution in [2.75, 3.05) is 13.1 Å². The highest BCUT2D eigenvalue weighted by Gasteiger charge is 2.20. The van der Waals surface area contributed by atoms with Crippen LogP contribution in [0.4, 0.5) is 0 Å². The van der Waals surface area contributed by atoms with Gasteiger partial charge in [0.15, 0.2) is 5.78 Å². The van der Waals surface area contributed by atoms with Crippen LogP contribution in [0.2, 0.25) is 5.02 Å². The Kier molecular flexibility index (Phi) is 6.06. The first kappa shape index (κ1) is 15.5. The summed E-state index contributed by atoms with van der Waals surface area (Å²) < 4.78 is 0. The van der Waals surface area contributed by atoms with Gasteiger partial charge in [-0.2, -0.15) is 0 Å². The molecule has 1 aliphatic rings. The van der Waals surface area contributed by atoms with Crippen LogP contribution in [0.25, 0.3) is 0 Å². The number of rotatable bonds is 6. The van der Waals surface area contributed by atoms with Crippen LogP contribution in [0.3, 0.4) is 0 Å². The van der Waals surface area contributed by atoms with Gasteiger partial charge in [0, 0.05) is 29.6 Å². The SMILES string of the molecule is CCN(CCC(=O)c1ccc(Cl)cc1)C1CCCCC1. The molecule has 1 aliphatic carbocycles. The Bertz CT molecular complexity index is 423. The maximum absolute atomic E-state index is 12.2. The molecule has 20 heavy (non-hydrogen) atoms. The van der Waals surface area contributed by atoms with Crippen LogP contribution in [0, 0.1) is 0 Å². The Morgan fingerprint density at radius 2 is 1.85 bits per heavy atom. The topological polar surface area (TPSA) is 20.3 Å². The molecule has 0 heterocycles. The molecule has 0 radical (unpaired) electrons. The average molecular weight is 294 g/mol. The van der Waals surface area contributed by atoms with Gasteiger partial charge in [0.05, 0.1) is 0 Å². The summed E-state index contributed by atoms with van der Waals surface area (Å²) in [6, 6.07) is 7.90. The summed E-state index contributed by atoms with van der Waals surface area (Å²) >= 11 is 5.85. The highest BCUT2D eigenvalue weighted by molar-refractivity contribution is 6.30. The molecule has 0 N–H and O–H groups in total. The molecule has 1 aromatic carbocycles. The van der Waals surface area contributed by atoms with Crippen LogP contribution in [0.1, 0.15) is 55.8 Å². The van der Waals surface area contributed by atoms with Crippen molar-refractivity contribution in [1.82, 2.24) is 4.90 Å². The number of hydrogen-bond donors (Lipinski definition) is 0. The van der Waals surface area contributed by atoms with E-state index in [1.165, 1.54) is 32.1 Å². The van der Waals surface area contributed by atoms with Gasteiger partial charge in [0.25, 0.3) is 0 Å². The van der Waals surface area contributed by atoms with Gasteiger partial charge in [-0.25, -0.2) is 0 Å². The number of carbonyl (C=O) groups excluding carboxylic acids is 1. The molecule has 0 spiro atoms. The Labute approximate surface area is 127 Å². The predicted octanol–water partition coefficient (Wildman–Crippen LogP) is 4.57. The molecule has 3 heteroatoms. The predicted molar refractivity (Wildman–Crippen MR) is 84.5 cm³/mol. The number of nitrogens with zero attached hydrogens (tertiary/aromatic N) is 1. The minimum atomic E-state index is 0.218. The average Bonchev–Trinajstić information content (AvgIpc) is 2.49. The van der Waals surface area contributed by atoms with Gasteiger partial charge in [0.1, 0.15) is 0 Å². The number of carbonyl (C=O) groups is 1. The minimum Gasteiger partial charge on any atom is -0.300 e. The number of Topliss-reactive ketones (excluding diaryl/α,β-unsaturated/α-hetero) is 1. The number of ketones is 1. The van der Waals surface area contributed by atoms with Crippen LogP contribution < -0.4 is 0 Å². The van der Waals surface area contributed by atoms with Crippen molar-refractivity contribution in [1.29, 1.82) is 0 Å². The Balaban J connectivity index is 1.85. The summed E-state index contributed by atoms with van der Waals surface area (Å²) in [5, 5.41) is 0.680. The maximum Gasteiger partial charge on any atom is 0.164 e. The third kappa shape index (κ3) is 4.32. The molecule has 0 unspecified atom stereocenters. The van der Waals surface area contributed by atoms with Crippen LogP contribution in [-0.4, -0.2) is 29.8 Å². The highest BCUT2D eigenvalue weighted by atomic mass is 35.5. The van der Waals surface area contributed by atoms with Gasteiger partial charge in [-0.05, 0) is 43.7 Å². The van der Waals surface area contributed by atoms with E-state index in [4.69, 9.17) is 11.6 Å². The summed E-state index contributed by atoms with van der Waals surface area (Å²) in [4.78, 5) is 14.7. The molecule has 0 aliphatic heterocycles. The number of benzene rings is 1. The maximum atomic E-state index is 12.2. The number of hydrogen-bond acceptors (Lipinski definition) is 2. The molecule has 2 rings (SSSR count). The van der Waals surface area contributed by atoms with E-state index in [1.807, 2.05) is 12.1 Å². The van der Waals surface area contributed by atoms with Gasteiger partial charge < -0.3 is 4.90 Å². The third-order valence-corrected chi connectivity index (χ3v) is 4.54. The van der Waals surface area contributed by atoms with E-state index in [2.05, 4.69) is 11.8 Å². The lowest BCUT2D eigenvalue weighted by Gasteiger charge is -2.33. The fourth-order valence-electron chi connectivity index (χ4n) is 3.07. The first-order valence-electron chi connectivity index (χ1n) is 7.73. The van der Waals surface area contributed by atoms with Gasteiger partial charge >= 0.3 is 0 Å². The molecule has 1 saturated carbocycles. The van der Waals surface area contributed by atoms with Gasteiger partial charge in [-0.1, -0.05) is 37.8 Å². The van der Waals surface area contributed by atoms with Gasteiger partial charge in [-0.15, -0.1) is 0 Å². The molecule has 0 aromatic heterocycles. The van der Waals surface area contributed by atoms with Crippen molar-refractivity contribution in [3.8, 4) is 0 Å². The molecule has 1 aromatic rings. The summed E-state index contributed by atoms with van der Waals surface area (Å²) in [6.07, 6.45) is 7.24. The molecular formula is C17H24ClNO. The lowest BCUT2D eigenvalue weighted by molar-refractivity contribution is 0.0939. The van der Waals surface area contributed by atoms with E-state index in [9.17, 15) is 4.79 Å². The molecule has 1 fully saturated rings. The summed E-state index contributed by atoms with van der Waals surface area (Å²) in [7, 11) is 0. The molecular weight excluding hydrogens is 270 g/mol. The van der Waals surface area contributed by atoms with Crippen LogP contribution in [0.5, 0.6) is 0 Å². The first-order chi connectivity index (χ1) is 9.70. The van der Waals surface area contributed by atoms with E-state index < -0.39 is 0 Å². The van der Waals surface area contributed by atoms with E-state index in [-0.39, 0.29) is 5.78 Å². The first-order valence-corrected chi connectivity index (χ1v) is 8.11. The molecule has 0 bridgehead atoms. The number of halogens is 1. The van der Waals surface area contributed by atoms with Gasteiger partial charge in [-0.3, -0.25) is 4.79 Å². The second kappa shape index (κ2) is 7.80. The Morgan fingerprint density at radius 1 is 1.20 bits per heavy atom. The Morgan fingerprint density at radius 3 is 2.45 bits per heavy atom. The quantitative estimate of drug-likeness (QED) is 0.716. The molecule has 0 atom stereocenters. The molecule has 0 saturated heterocycles. The van der Waals surface area contributed by atoms with Crippen LogP contribution in [0.15, 0.2) is 24.3 Å². The second-order valence-corrected chi connectivity index (χ2v) is 6.04. The fourth-order valence-corrected chi connectivity index (χ4v) is 3.20. The Hall–Kier alpha value is -0.860. The molecule has 110 valence electrons. The lowest BCUT2D eigenvalue weighted by atomic mass is 9.94. The fraction of sp³-hybridized carbons (Fsp3) is 0.588. The highest BCUT2D eigenvalue weighted by Crippen LogP contribution is 2.22. The molecule has 2 nitrogen and oxygen atoms in total. The van der Waals surface area contributed by atoms with Crippen LogP contribution in [-0.2, 0) is 0 Å². The van der Waals surface area contributed by atoms with Gasteiger partial charge in [0.2, 0.25) is 0 Å². The summed E-state index contributed by atoms with van der Waals surface area (Å²) in [5.74, 6) is 0.218. The zero-order valence-corrected chi connectivity index (χ0v) is 13.0. The third-order valence-electron chi connectivity index (χ3n) is 4.29. The van der Waals surface area contributed by atoms with Crippen molar-refractivity contribution >= 4 is 17.4 Å². The van der Waals surface area contributed by atoms with E-state index >= 15 is 0 Å². The van der Waals surface area contributed by atoms with E-state index in [1.54, 1.807) is 12.1 Å². The van der Waals surface area contributed by atoms with E-state index in [0.29, 0.717) is 17.5 Å².